The van der Waals surface area contributed by atoms with Gasteiger partial charge < -0.3 is 14.4 Å². The van der Waals surface area contributed by atoms with Crippen LogP contribution in [-0.4, -0.2) is 63.6 Å². The molecule has 2 aliphatic heterocycles. The van der Waals surface area contributed by atoms with E-state index >= 15 is 0 Å². The average Bonchev–Trinajstić information content (AvgIpc) is 3.22. The molecule has 1 spiro atoms. The number of nitrogens with zero attached hydrogens (tertiary/aromatic N) is 4. The summed E-state index contributed by atoms with van der Waals surface area (Å²) in [4.78, 5) is 18.9. The van der Waals surface area contributed by atoms with Crippen LogP contribution in [0.5, 0.6) is 0 Å². The van der Waals surface area contributed by atoms with Crippen molar-refractivity contribution in [3.63, 3.8) is 0 Å². The maximum absolute atomic E-state index is 12.9. The Hall–Kier alpha value is -2.25. The first-order valence-electron chi connectivity index (χ1n) is 9.07. The SMILES string of the molecule is Cc1cncc(C(=O)N2CCOCC3(CCC(Cn4cccn4)O3)C2)c1. The van der Waals surface area contributed by atoms with Crippen LogP contribution in [0, 0.1) is 6.92 Å². The number of amides is 1. The lowest BCUT2D eigenvalue weighted by Crippen LogP contribution is -2.46. The molecular formula is C19H24N4O3. The Morgan fingerprint density at radius 1 is 1.42 bits per heavy atom. The second-order valence-electron chi connectivity index (χ2n) is 7.22. The van der Waals surface area contributed by atoms with Crippen molar-refractivity contribution < 1.29 is 14.3 Å². The number of hydrogen-bond donors (Lipinski definition) is 0. The van der Waals surface area contributed by atoms with Gasteiger partial charge in [-0.1, -0.05) is 0 Å². The topological polar surface area (TPSA) is 69.5 Å². The Morgan fingerprint density at radius 2 is 2.35 bits per heavy atom. The summed E-state index contributed by atoms with van der Waals surface area (Å²) < 4.78 is 14.1. The molecule has 0 radical (unpaired) electrons. The number of aryl methyl sites for hydroxylation is 1. The minimum atomic E-state index is -0.429. The Kier molecular flexibility index (Phi) is 4.74. The maximum Gasteiger partial charge on any atom is 0.255 e. The van der Waals surface area contributed by atoms with Crippen LogP contribution in [-0.2, 0) is 16.0 Å². The summed E-state index contributed by atoms with van der Waals surface area (Å²) in [5.41, 5.74) is 1.17. The first-order chi connectivity index (χ1) is 12.6. The standard InChI is InChI=1S/C19H24N4O3/c1-15-9-16(11-20-10-15)18(24)22-7-8-25-14-19(13-22)4-3-17(26-19)12-23-6-2-5-21-23/h2,5-6,9-11,17H,3-4,7-8,12-14H2,1H3. The van der Waals surface area contributed by atoms with E-state index < -0.39 is 5.60 Å². The summed E-state index contributed by atoms with van der Waals surface area (Å²) in [5.74, 6) is -0.00907. The van der Waals surface area contributed by atoms with Gasteiger partial charge in [0.1, 0.15) is 5.60 Å². The fourth-order valence-corrected chi connectivity index (χ4v) is 3.80. The Bertz CT molecular complexity index is 764. The van der Waals surface area contributed by atoms with Gasteiger partial charge in [0.05, 0.1) is 38.0 Å². The lowest BCUT2D eigenvalue weighted by molar-refractivity contribution is -0.0881. The van der Waals surface area contributed by atoms with Crippen LogP contribution in [0.15, 0.2) is 36.9 Å². The van der Waals surface area contributed by atoms with Gasteiger partial charge in [0.25, 0.3) is 5.91 Å². The molecule has 1 amide bonds. The zero-order valence-electron chi connectivity index (χ0n) is 15.0. The molecule has 0 saturated carbocycles. The molecular weight excluding hydrogens is 332 g/mol. The smallest absolute Gasteiger partial charge is 0.255 e. The molecule has 2 saturated heterocycles. The lowest BCUT2D eigenvalue weighted by Gasteiger charge is -2.32. The van der Waals surface area contributed by atoms with Crippen LogP contribution in [0.4, 0.5) is 0 Å². The van der Waals surface area contributed by atoms with Crippen molar-refractivity contribution in [2.24, 2.45) is 0 Å². The average molecular weight is 356 g/mol. The minimum Gasteiger partial charge on any atom is -0.377 e. The zero-order valence-corrected chi connectivity index (χ0v) is 15.0. The molecule has 26 heavy (non-hydrogen) atoms. The second kappa shape index (κ2) is 7.17. The summed E-state index contributed by atoms with van der Waals surface area (Å²) >= 11 is 0. The molecule has 4 rings (SSSR count). The molecule has 0 bridgehead atoms. The van der Waals surface area contributed by atoms with Crippen molar-refractivity contribution in [3.8, 4) is 0 Å². The monoisotopic (exact) mass is 356 g/mol. The van der Waals surface area contributed by atoms with Gasteiger partial charge in [-0.25, -0.2) is 0 Å². The highest BCUT2D eigenvalue weighted by atomic mass is 16.6. The molecule has 138 valence electrons. The van der Waals surface area contributed by atoms with Crippen LogP contribution in [0.25, 0.3) is 0 Å². The summed E-state index contributed by atoms with van der Waals surface area (Å²) in [6, 6.07) is 3.79. The van der Waals surface area contributed by atoms with Crippen LogP contribution < -0.4 is 0 Å². The van der Waals surface area contributed by atoms with E-state index in [1.807, 2.05) is 34.8 Å². The highest BCUT2D eigenvalue weighted by molar-refractivity contribution is 5.94. The van der Waals surface area contributed by atoms with Crippen LogP contribution in [0.1, 0.15) is 28.8 Å². The summed E-state index contributed by atoms with van der Waals surface area (Å²) in [6.45, 7) is 4.84. The molecule has 0 N–H and O–H groups in total. The van der Waals surface area contributed by atoms with Gasteiger partial charge in [0.15, 0.2) is 0 Å². The number of carbonyl (C=O) groups is 1. The predicted octanol–water partition coefficient (Wildman–Crippen LogP) is 1.68. The van der Waals surface area contributed by atoms with Gasteiger partial charge in [-0.3, -0.25) is 14.5 Å². The van der Waals surface area contributed by atoms with Crippen molar-refractivity contribution in [2.75, 3.05) is 26.3 Å². The third-order valence-corrected chi connectivity index (χ3v) is 5.05. The van der Waals surface area contributed by atoms with E-state index in [0.29, 0.717) is 31.9 Å². The molecule has 4 heterocycles. The summed E-state index contributed by atoms with van der Waals surface area (Å²) in [5, 5.41) is 4.26. The molecule has 7 heteroatoms. The number of rotatable bonds is 3. The van der Waals surface area contributed by atoms with Crippen molar-refractivity contribution in [1.29, 1.82) is 0 Å². The van der Waals surface area contributed by atoms with Gasteiger partial charge in [0.2, 0.25) is 0 Å². The highest BCUT2D eigenvalue weighted by Gasteiger charge is 2.44. The van der Waals surface area contributed by atoms with Gasteiger partial charge in [-0.05, 0) is 37.5 Å². The van der Waals surface area contributed by atoms with Crippen molar-refractivity contribution in [3.05, 3.63) is 48.0 Å². The minimum absolute atomic E-state index is 0.00907. The van der Waals surface area contributed by atoms with Crippen LogP contribution in [0.2, 0.25) is 0 Å². The first kappa shape index (κ1) is 17.2. The third kappa shape index (κ3) is 3.64. The highest BCUT2D eigenvalue weighted by Crippen LogP contribution is 2.34. The van der Waals surface area contributed by atoms with Gasteiger partial charge >= 0.3 is 0 Å². The number of ether oxygens (including phenoxy) is 2. The first-order valence-corrected chi connectivity index (χ1v) is 9.07. The van der Waals surface area contributed by atoms with E-state index in [0.717, 1.165) is 24.9 Å². The van der Waals surface area contributed by atoms with Crippen LogP contribution >= 0.6 is 0 Å². The Balaban J connectivity index is 1.46. The molecule has 2 aromatic heterocycles. The van der Waals surface area contributed by atoms with Gasteiger partial charge in [-0.2, -0.15) is 5.10 Å². The Labute approximate surface area is 152 Å². The quantitative estimate of drug-likeness (QED) is 0.837. The Morgan fingerprint density at radius 3 is 3.15 bits per heavy atom. The summed E-state index contributed by atoms with van der Waals surface area (Å²) in [6.07, 6.45) is 9.02. The van der Waals surface area contributed by atoms with E-state index in [1.54, 1.807) is 18.6 Å². The normalized spacial score (nSPS) is 26.2. The van der Waals surface area contributed by atoms with Crippen molar-refractivity contribution in [1.82, 2.24) is 19.7 Å². The maximum atomic E-state index is 12.9. The largest absolute Gasteiger partial charge is 0.377 e. The fourth-order valence-electron chi connectivity index (χ4n) is 3.80. The van der Waals surface area contributed by atoms with E-state index in [9.17, 15) is 4.79 Å². The van der Waals surface area contributed by atoms with Gasteiger partial charge in [0, 0.05) is 31.3 Å². The zero-order chi connectivity index (χ0) is 18.0. The van der Waals surface area contributed by atoms with Crippen LogP contribution in [0.3, 0.4) is 0 Å². The van der Waals surface area contributed by atoms with E-state index in [-0.39, 0.29) is 12.0 Å². The molecule has 2 atom stereocenters. The van der Waals surface area contributed by atoms with E-state index in [4.69, 9.17) is 9.47 Å². The molecule has 2 unspecified atom stereocenters. The molecule has 0 aliphatic carbocycles. The molecule has 7 nitrogen and oxygen atoms in total. The predicted molar refractivity (Wildman–Crippen MR) is 94.8 cm³/mol. The second-order valence-corrected chi connectivity index (χ2v) is 7.22. The molecule has 2 fully saturated rings. The fraction of sp³-hybridized carbons (Fsp3) is 0.526. The molecule has 2 aliphatic rings. The van der Waals surface area contributed by atoms with E-state index in [2.05, 4.69) is 10.1 Å². The number of pyridine rings is 1. The lowest BCUT2D eigenvalue weighted by atomic mass is 9.99. The third-order valence-electron chi connectivity index (χ3n) is 5.05. The number of aromatic nitrogens is 3. The van der Waals surface area contributed by atoms with Crippen molar-refractivity contribution in [2.45, 2.75) is 38.0 Å². The molecule has 2 aromatic rings. The number of hydrogen-bond acceptors (Lipinski definition) is 5. The van der Waals surface area contributed by atoms with E-state index in [1.165, 1.54) is 0 Å². The molecule has 0 aromatic carbocycles. The van der Waals surface area contributed by atoms with Crippen molar-refractivity contribution >= 4 is 5.91 Å². The van der Waals surface area contributed by atoms with Gasteiger partial charge in [-0.15, -0.1) is 0 Å². The number of carbonyl (C=O) groups excluding carboxylic acids is 1. The summed E-state index contributed by atoms with van der Waals surface area (Å²) in [7, 11) is 0.